The highest BCUT2D eigenvalue weighted by atomic mass is 16.3. The molecule has 0 atom stereocenters. The summed E-state index contributed by atoms with van der Waals surface area (Å²) in [7, 11) is 0. The van der Waals surface area contributed by atoms with Crippen LogP contribution < -0.4 is 0 Å². The number of rotatable bonds is 5. The third-order valence-electron chi connectivity index (χ3n) is 2.32. The molecule has 82 valence electrons. The Balaban J connectivity index is 2.40. The van der Waals surface area contributed by atoms with E-state index in [9.17, 15) is 0 Å². The van der Waals surface area contributed by atoms with Crippen molar-refractivity contribution in [3.63, 3.8) is 0 Å². The number of aryl methyl sites for hydroxylation is 1. The molecular weight excluding hydrogens is 184 g/mol. The quantitative estimate of drug-likeness (QED) is 0.518. The number of hydrogen-bond donors (Lipinski definition) is 0. The molecule has 1 nitrogen and oxygen atoms in total. The van der Waals surface area contributed by atoms with Gasteiger partial charge in [-0.15, -0.1) is 0 Å². The molecule has 0 aliphatic carbocycles. The van der Waals surface area contributed by atoms with Crippen molar-refractivity contribution in [3.8, 4) is 11.8 Å². The molecule has 0 saturated carbocycles. The Morgan fingerprint density at radius 3 is 2.73 bits per heavy atom. The summed E-state index contributed by atoms with van der Waals surface area (Å²) in [5.41, 5.74) is 1.03. The highest BCUT2D eigenvalue weighted by Gasteiger charge is 1.98. The number of furan rings is 1. The molecule has 0 N–H and O–H groups in total. The van der Waals surface area contributed by atoms with E-state index in [1.165, 1.54) is 25.7 Å². The van der Waals surface area contributed by atoms with Crippen molar-refractivity contribution in [2.75, 3.05) is 0 Å². The zero-order valence-electron chi connectivity index (χ0n) is 9.81. The molecule has 0 spiro atoms. The number of hydrogen-bond acceptors (Lipinski definition) is 1. The van der Waals surface area contributed by atoms with E-state index in [0.29, 0.717) is 0 Å². The van der Waals surface area contributed by atoms with Crippen LogP contribution >= 0.6 is 0 Å². The van der Waals surface area contributed by atoms with Crippen LogP contribution in [0.15, 0.2) is 16.7 Å². The third-order valence-corrected chi connectivity index (χ3v) is 2.32. The molecule has 0 aromatic carbocycles. The normalized spacial score (nSPS) is 9.73. The zero-order valence-corrected chi connectivity index (χ0v) is 9.81. The fourth-order valence-electron chi connectivity index (χ4n) is 1.36. The van der Waals surface area contributed by atoms with Gasteiger partial charge in [0.25, 0.3) is 0 Å². The standard InChI is InChI=1S/C14H20O/c1-3-5-7-8-9-13-11-14(15-12-13)10-6-4-2/h11-12H,3-7,10H2,1-2H3. The summed E-state index contributed by atoms with van der Waals surface area (Å²) in [6, 6.07) is 2.06. The lowest BCUT2D eigenvalue weighted by molar-refractivity contribution is 0.500. The minimum atomic E-state index is 0.992. The molecule has 1 rings (SSSR count). The molecule has 0 unspecified atom stereocenters. The number of unbranched alkanes of at least 4 members (excludes halogenated alkanes) is 3. The first kappa shape index (κ1) is 11.9. The molecule has 15 heavy (non-hydrogen) atoms. The summed E-state index contributed by atoms with van der Waals surface area (Å²) in [5, 5.41) is 0. The van der Waals surface area contributed by atoms with Gasteiger partial charge in [0.1, 0.15) is 12.0 Å². The predicted octanol–water partition coefficient (Wildman–Crippen LogP) is 4.16. The molecule has 0 amide bonds. The van der Waals surface area contributed by atoms with Crippen LogP contribution in [0.5, 0.6) is 0 Å². The van der Waals surface area contributed by atoms with E-state index >= 15 is 0 Å². The Labute approximate surface area is 92.9 Å². The van der Waals surface area contributed by atoms with Crippen molar-refractivity contribution in [2.24, 2.45) is 0 Å². The predicted molar refractivity (Wildman–Crippen MR) is 63.7 cm³/mol. The lowest BCUT2D eigenvalue weighted by Gasteiger charge is -1.90. The SMILES string of the molecule is CCCCC#Cc1coc(CCCC)c1. The van der Waals surface area contributed by atoms with Crippen molar-refractivity contribution in [1.82, 2.24) is 0 Å². The van der Waals surface area contributed by atoms with Gasteiger partial charge < -0.3 is 4.42 Å². The van der Waals surface area contributed by atoms with Gasteiger partial charge in [-0.05, 0) is 18.9 Å². The highest BCUT2D eigenvalue weighted by molar-refractivity contribution is 5.32. The Kier molecular flexibility index (Phi) is 5.70. The minimum Gasteiger partial charge on any atom is -0.468 e. The first-order valence-electron chi connectivity index (χ1n) is 5.93. The Bertz CT molecular complexity index is 325. The Morgan fingerprint density at radius 2 is 2.00 bits per heavy atom. The van der Waals surface area contributed by atoms with Gasteiger partial charge in [0, 0.05) is 12.8 Å². The summed E-state index contributed by atoms with van der Waals surface area (Å²) in [4.78, 5) is 0. The highest BCUT2D eigenvalue weighted by Crippen LogP contribution is 2.09. The molecule has 0 aliphatic heterocycles. The molecule has 1 aromatic rings. The summed E-state index contributed by atoms with van der Waals surface area (Å²) < 4.78 is 5.42. The largest absolute Gasteiger partial charge is 0.468 e. The maximum absolute atomic E-state index is 5.42. The third kappa shape index (κ3) is 4.74. The molecule has 1 heterocycles. The summed E-state index contributed by atoms with van der Waals surface area (Å²) in [5.74, 6) is 7.36. The molecule has 1 heteroatoms. The van der Waals surface area contributed by atoms with Gasteiger partial charge in [0.2, 0.25) is 0 Å². The van der Waals surface area contributed by atoms with Gasteiger partial charge in [-0.25, -0.2) is 0 Å². The van der Waals surface area contributed by atoms with Gasteiger partial charge in [-0.2, -0.15) is 0 Å². The van der Waals surface area contributed by atoms with Gasteiger partial charge in [-0.3, -0.25) is 0 Å². The van der Waals surface area contributed by atoms with Crippen LogP contribution in [0.1, 0.15) is 57.3 Å². The Morgan fingerprint density at radius 1 is 1.20 bits per heavy atom. The molecule has 0 fully saturated rings. The zero-order chi connectivity index (χ0) is 10.9. The fourth-order valence-corrected chi connectivity index (χ4v) is 1.36. The average molecular weight is 204 g/mol. The van der Waals surface area contributed by atoms with E-state index in [1.807, 2.05) is 0 Å². The minimum absolute atomic E-state index is 0.992. The summed E-state index contributed by atoms with van der Waals surface area (Å²) in [6.07, 6.45) is 8.59. The summed E-state index contributed by atoms with van der Waals surface area (Å²) in [6.45, 7) is 4.37. The van der Waals surface area contributed by atoms with Gasteiger partial charge >= 0.3 is 0 Å². The van der Waals surface area contributed by atoms with E-state index in [0.717, 1.165) is 24.2 Å². The molecule has 0 aliphatic rings. The van der Waals surface area contributed by atoms with Crippen LogP contribution in [-0.4, -0.2) is 0 Å². The van der Waals surface area contributed by atoms with Gasteiger partial charge in [-0.1, -0.05) is 38.5 Å². The maximum Gasteiger partial charge on any atom is 0.106 e. The maximum atomic E-state index is 5.42. The van der Waals surface area contributed by atoms with Crippen molar-refractivity contribution >= 4 is 0 Å². The monoisotopic (exact) mass is 204 g/mol. The van der Waals surface area contributed by atoms with Gasteiger partial charge in [0.15, 0.2) is 0 Å². The Hall–Kier alpha value is -1.16. The topological polar surface area (TPSA) is 13.1 Å². The van der Waals surface area contributed by atoms with Crippen molar-refractivity contribution in [3.05, 3.63) is 23.7 Å². The van der Waals surface area contributed by atoms with Crippen LogP contribution in [0.2, 0.25) is 0 Å². The van der Waals surface area contributed by atoms with Crippen molar-refractivity contribution in [2.45, 2.75) is 52.4 Å². The fraction of sp³-hybridized carbons (Fsp3) is 0.571. The lowest BCUT2D eigenvalue weighted by atomic mass is 10.2. The van der Waals surface area contributed by atoms with E-state index < -0.39 is 0 Å². The van der Waals surface area contributed by atoms with Crippen molar-refractivity contribution < 1.29 is 4.42 Å². The smallest absolute Gasteiger partial charge is 0.106 e. The summed E-state index contributed by atoms with van der Waals surface area (Å²) >= 11 is 0. The second kappa shape index (κ2) is 7.17. The second-order valence-corrected chi connectivity index (χ2v) is 3.81. The van der Waals surface area contributed by atoms with Crippen LogP contribution in [0.4, 0.5) is 0 Å². The molecule has 0 bridgehead atoms. The molecule has 0 saturated heterocycles. The van der Waals surface area contributed by atoms with E-state index in [-0.39, 0.29) is 0 Å². The second-order valence-electron chi connectivity index (χ2n) is 3.81. The van der Waals surface area contributed by atoms with Crippen LogP contribution in [0.3, 0.4) is 0 Å². The molecule has 1 aromatic heterocycles. The van der Waals surface area contributed by atoms with Crippen LogP contribution in [0.25, 0.3) is 0 Å². The molecular formula is C14H20O. The van der Waals surface area contributed by atoms with E-state index in [4.69, 9.17) is 4.42 Å². The van der Waals surface area contributed by atoms with E-state index in [2.05, 4.69) is 31.8 Å². The van der Waals surface area contributed by atoms with E-state index in [1.54, 1.807) is 6.26 Å². The first-order chi connectivity index (χ1) is 7.36. The van der Waals surface area contributed by atoms with Gasteiger partial charge in [0.05, 0.1) is 5.56 Å². The van der Waals surface area contributed by atoms with Crippen molar-refractivity contribution in [1.29, 1.82) is 0 Å². The van der Waals surface area contributed by atoms with Crippen LogP contribution in [-0.2, 0) is 6.42 Å². The first-order valence-corrected chi connectivity index (χ1v) is 5.93. The molecule has 0 radical (unpaired) electrons. The average Bonchev–Trinajstić information content (AvgIpc) is 2.69. The van der Waals surface area contributed by atoms with Crippen LogP contribution in [0, 0.1) is 11.8 Å². The lowest BCUT2D eigenvalue weighted by Crippen LogP contribution is -1.78.